The SMILES string of the molecule is CCCCCCCCN(C(=O)C(CS)NC(=O)OC(C)(C)C)C(C(=O)Nc1ccc(OC)cc1)c1ccc(C)cc1. The normalized spacial score (nSPS) is 12.7. The van der Waals surface area contributed by atoms with E-state index in [0.29, 0.717) is 23.5 Å². The number of carbonyl (C=O) groups excluding carboxylic acids is 3. The van der Waals surface area contributed by atoms with Crippen LogP contribution in [0.5, 0.6) is 5.75 Å². The second-order valence-electron chi connectivity index (χ2n) is 11.2. The second kappa shape index (κ2) is 16.9. The van der Waals surface area contributed by atoms with Gasteiger partial charge in [0.15, 0.2) is 0 Å². The van der Waals surface area contributed by atoms with Gasteiger partial charge in [-0.15, -0.1) is 0 Å². The number of carbonyl (C=O) groups is 3. The van der Waals surface area contributed by atoms with E-state index in [0.717, 1.165) is 37.7 Å². The standard InChI is InChI=1S/C32H47N3O5S/c1-7-8-9-10-11-12-21-35(30(37)27(22-41)34-31(38)40-32(3,4)5)28(24-15-13-23(2)14-16-24)29(36)33-25-17-19-26(39-6)20-18-25/h13-20,27-28,41H,7-12,21-22H2,1-6H3,(H,33,36)(H,34,38). The number of alkyl carbamates (subject to hydrolysis) is 1. The van der Waals surface area contributed by atoms with Crippen molar-refractivity contribution < 1.29 is 23.9 Å². The molecule has 0 fully saturated rings. The van der Waals surface area contributed by atoms with Crippen LogP contribution in [0.3, 0.4) is 0 Å². The fraction of sp³-hybridized carbons (Fsp3) is 0.531. The molecule has 0 bridgehead atoms. The smallest absolute Gasteiger partial charge is 0.408 e. The number of unbranched alkanes of at least 4 members (excludes halogenated alkanes) is 5. The van der Waals surface area contributed by atoms with Crippen molar-refractivity contribution in [2.45, 2.75) is 90.8 Å². The summed E-state index contributed by atoms with van der Waals surface area (Å²) >= 11 is 4.37. The van der Waals surface area contributed by atoms with Gasteiger partial charge in [-0.3, -0.25) is 9.59 Å². The lowest BCUT2D eigenvalue weighted by Crippen LogP contribution is -2.53. The number of aryl methyl sites for hydroxylation is 1. The molecule has 2 rings (SSSR count). The first-order valence-corrected chi connectivity index (χ1v) is 15.0. The van der Waals surface area contributed by atoms with E-state index in [-0.39, 0.29) is 11.7 Å². The van der Waals surface area contributed by atoms with Crippen molar-refractivity contribution in [1.29, 1.82) is 0 Å². The monoisotopic (exact) mass is 585 g/mol. The van der Waals surface area contributed by atoms with Gasteiger partial charge in [-0.25, -0.2) is 4.79 Å². The topological polar surface area (TPSA) is 97.0 Å². The van der Waals surface area contributed by atoms with Gasteiger partial charge in [-0.2, -0.15) is 12.6 Å². The maximum Gasteiger partial charge on any atom is 0.408 e. The van der Waals surface area contributed by atoms with Crippen LogP contribution in [0.15, 0.2) is 48.5 Å². The fourth-order valence-electron chi connectivity index (χ4n) is 4.37. The van der Waals surface area contributed by atoms with Crippen molar-refractivity contribution in [2.24, 2.45) is 0 Å². The molecule has 3 amide bonds. The molecular weight excluding hydrogens is 538 g/mol. The molecule has 0 saturated carbocycles. The Morgan fingerprint density at radius 2 is 1.54 bits per heavy atom. The number of ether oxygens (including phenoxy) is 2. The molecule has 9 heteroatoms. The predicted molar refractivity (Wildman–Crippen MR) is 168 cm³/mol. The number of thiol groups is 1. The Hall–Kier alpha value is -3.20. The number of rotatable bonds is 15. The van der Waals surface area contributed by atoms with Crippen LogP contribution in [-0.2, 0) is 14.3 Å². The van der Waals surface area contributed by atoms with Gasteiger partial charge in [0.25, 0.3) is 5.91 Å². The van der Waals surface area contributed by atoms with E-state index in [4.69, 9.17) is 9.47 Å². The van der Waals surface area contributed by atoms with E-state index in [1.807, 2.05) is 31.2 Å². The first kappa shape index (κ1) is 34.0. The lowest BCUT2D eigenvalue weighted by Gasteiger charge is -2.34. The number of anilines is 1. The first-order chi connectivity index (χ1) is 19.5. The van der Waals surface area contributed by atoms with Gasteiger partial charge in [0.1, 0.15) is 23.4 Å². The van der Waals surface area contributed by atoms with E-state index in [1.165, 1.54) is 6.42 Å². The number of hydrogen-bond acceptors (Lipinski definition) is 6. The highest BCUT2D eigenvalue weighted by Crippen LogP contribution is 2.26. The van der Waals surface area contributed by atoms with E-state index >= 15 is 0 Å². The van der Waals surface area contributed by atoms with Crippen LogP contribution in [0.4, 0.5) is 10.5 Å². The number of methoxy groups -OCH3 is 1. The van der Waals surface area contributed by atoms with Gasteiger partial charge in [0.2, 0.25) is 5.91 Å². The highest BCUT2D eigenvalue weighted by molar-refractivity contribution is 7.80. The van der Waals surface area contributed by atoms with Crippen molar-refractivity contribution >= 4 is 36.2 Å². The van der Waals surface area contributed by atoms with Crippen LogP contribution in [0.1, 0.15) is 83.4 Å². The molecule has 0 aliphatic carbocycles. The summed E-state index contributed by atoms with van der Waals surface area (Å²) in [6.07, 6.45) is 5.43. The zero-order valence-corrected chi connectivity index (χ0v) is 26.3. The van der Waals surface area contributed by atoms with Gasteiger partial charge in [0.05, 0.1) is 7.11 Å². The summed E-state index contributed by atoms with van der Waals surface area (Å²) < 4.78 is 10.6. The predicted octanol–water partition coefficient (Wildman–Crippen LogP) is 6.70. The second-order valence-corrected chi connectivity index (χ2v) is 11.6. The fourth-order valence-corrected chi connectivity index (χ4v) is 4.62. The van der Waals surface area contributed by atoms with E-state index in [1.54, 1.807) is 57.0 Å². The Bertz CT molecular complexity index is 1100. The maximum atomic E-state index is 14.1. The summed E-state index contributed by atoms with van der Waals surface area (Å²) in [6, 6.07) is 12.7. The largest absolute Gasteiger partial charge is 0.497 e. The van der Waals surface area contributed by atoms with Crippen LogP contribution in [0.25, 0.3) is 0 Å². The van der Waals surface area contributed by atoms with Crippen LogP contribution < -0.4 is 15.4 Å². The molecule has 2 aromatic carbocycles. The summed E-state index contributed by atoms with van der Waals surface area (Å²) in [5.41, 5.74) is 1.57. The Kier molecular flexibility index (Phi) is 14.0. The molecule has 2 atom stereocenters. The third-order valence-electron chi connectivity index (χ3n) is 6.52. The van der Waals surface area contributed by atoms with Crippen molar-refractivity contribution in [3.05, 3.63) is 59.7 Å². The molecule has 0 saturated heterocycles. The Labute approximate surface area is 251 Å². The molecule has 226 valence electrons. The first-order valence-electron chi connectivity index (χ1n) is 14.4. The lowest BCUT2D eigenvalue weighted by atomic mass is 10.0. The number of amides is 3. The quantitative estimate of drug-likeness (QED) is 0.160. The summed E-state index contributed by atoms with van der Waals surface area (Å²) in [4.78, 5) is 42.2. The maximum absolute atomic E-state index is 14.1. The summed E-state index contributed by atoms with van der Waals surface area (Å²) in [7, 11) is 1.58. The Morgan fingerprint density at radius 1 is 0.927 bits per heavy atom. The van der Waals surface area contributed by atoms with Crippen LogP contribution in [0, 0.1) is 6.92 Å². The highest BCUT2D eigenvalue weighted by Gasteiger charge is 2.35. The molecule has 2 unspecified atom stereocenters. The molecule has 0 spiro atoms. The molecule has 2 aromatic rings. The van der Waals surface area contributed by atoms with Gasteiger partial charge in [0, 0.05) is 18.0 Å². The van der Waals surface area contributed by atoms with E-state index in [9.17, 15) is 14.4 Å². The van der Waals surface area contributed by atoms with Gasteiger partial charge >= 0.3 is 6.09 Å². The third-order valence-corrected chi connectivity index (χ3v) is 6.88. The van der Waals surface area contributed by atoms with Gasteiger partial charge in [-0.05, 0) is 63.9 Å². The van der Waals surface area contributed by atoms with E-state index in [2.05, 4.69) is 30.2 Å². The molecule has 0 aromatic heterocycles. The molecule has 41 heavy (non-hydrogen) atoms. The number of hydrogen-bond donors (Lipinski definition) is 3. The van der Waals surface area contributed by atoms with Gasteiger partial charge < -0.3 is 25.0 Å². The number of nitrogens with one attached hydrogen (secondary N) is 2. The van der Waals surface area contributed by atoms with Crippen molar-refractivity contribution in [3.8, 4) is 5.75 Å². The molecule has 8 nitrogen and oxygen atoms in total. The molecule has 0 radical (unpaired) electrons. The Morgan fingerprint density at radius 3 is 2.10 bits per heavy atom. The molecule has 0 aliphatic heterocycles. The third kappa shape index (κ3) is 11.7. The average Bonchev–Trinajstić information content (AvgIpc) is 2.92. The zero-order chi connectivity index (χ0) is 30.4. The lowest BCUT2D eigenvalue weighted by molar-refractivity contribution is -0.140. The zero-order valence-electron chi connectivity index (χ0n) is 25.4. The summed E-state index contributed by atoms with van der Waals surface area (Å²) in [6.45, 7) is 9.75. The molecule has 0 heterocycles. The van der Waals surface area contributed by atoms with Crippen LogP contribution >= 0.6 is 12.6 Å². The van der Waals surface area contributed by atoms with Crippen LogP contribution in [-0.4, -0.2) is 53.9 Å². The highest BCUT2D eigenvalue weighted by atomic mass is 32.1. The molecule has 0 aliphatic rings. The molecular formula is C32H47N3O5S. The molecule has 2 N–H and O–H groups in total. The van der Waals surface area contributed by atoms with Crippen molar-refractivity contribution in [3.63, 3.8) is 0 Å². The summed E-state index contributed by atoms with van der Waals surface area (Å²) in [5.74, 6) is -0.0302. The van der Waals surface area contributed by atoms with Crippen molar-refractivity contribution in [1.82, 2.24) is 10.2 Å². The van der Waals surface area contributed by atoms with Crippen molar-refractivity contribution in [2.75, 3.05) is 24.7 Å². The minimum Gasteiger partial charge on any atom is -0.497 e. The summed E-state index contributed by atoms with van der Waals surface area (Å²) in [5, 5.41) is 5.63. The van der Waals surface area contributed by atoms with Crippen LogP contribution in [0.2, 0.25) is 0 Å². The van der Waals surface area contributed by atoms with E-state index < -0.39 is 29.7 Å². The number of nitrogens with zero attached hydrogens (tertiary/aromatic N) is 1. The minimum atomic E-state index is -0.977. The minimum absolute atomic E-state index is 0.0474. The van der Waals surface area contributed by atoms with Gasteiger partial charge in [-0.1, -0.05) is 68.9 Å². The average molecular weight is 586 g/mol. The Balaban J connectivity index is 2.42. The number of benzene rings is 2.